The Hall–Kier alpha value is -4.93. The van der Waals surface area contributed by atoms with Crippen molar-refractivity contribution in [1.29, 1.82) is 0 Å². The van der Waals surface area contributed by atoms with Crippen LogP contribution in [0.25, 0.3) is 11.3 Å². The molecule has 234 valence electrons. The summed E-state index contributed by atoms with van der Waals surface area (Å²) < 4.78 is 31.3. The number of nitrogens with one attached hydrogen (secondary N) is 2. The number of anilines is 4. The van der Waals surface area contributed by atoms with Crippen molar-refractivity contribution in [3.8, 4) is 17.0 Å². The predicted molar refractivity (Wildman–Crippen MR) is 171 cm³/mol. The summed E-state index contributed by atoms with van der Waals surface area (Å²) in [6, 6.07) is 11.7. The van der Waals surface area contributed by atoms with Crippen molar-refractivity contribution in [3.63, 3.8) is 0 Å². The zero-order valence-electron chi connectivity index (χ0n) is 26.2. The van der Waals surface area contributed by atoms with Gasteiger partial charge in [-0.2, -0.15) is 0 Å². The second kappa shape index (κ2) is 14.5. The maximum absolute atomic E-state index is 15.1. The normalized spacial score (nSPS) is 11.5. The molecule has 1 heterocycles. The van der Waals surface area contributed by atoms with E-state index in [9.17, 15) is 9.59 Å². The first-order valence-corrected chi connectivity index (χ1v) is 14.0. The Morgan fingerprint density at radius 1 is 1.07 bits per heavy atom. The van der Waals surface area contributed by atoms with E-state index in [4.69, 9.17) is 14.2 Å². The number of carbonyl (C=O) groups is 2. The average molecular weight is 606 g/mol. The summed E-state index contributed by atoms with van der Waals surface area (Å²) >= 11 is 0. The Labute approximate surface area is 257 Å². The van der Waals surface area contributed by atoms with Gasteiger partial charge in [-0.15, -0.1) is 6.58 Å². The summed E-state index contributed by atoms with van der Waals surface area (Å²) in [5.41, 5.74) is 0.975. The lowest BCUT2D eigenvalue weighted by Crippen LogP contribution is -2.37. The fourth-order valence-electron chi connectivity index (χ4n) is 3.88. The first kappa shape index (κ1) is 33.6. The van der Waals surface area contributed by atoms with Crippen molar-refractivity contribution >= 4 is 35.2 Å². The summed E-state index contributed by atoms with van der Waals surface area (Å²) in [5, 5.41) is 5.70. The van der Waals surface area contributed by atoms with Gasteiger partial charge >= 0.3 is 12.2 Å². The number of hydrogen-bond acceptors (Lipinski definition) is 8. The minimum atomic E-state index is -0.697. The topological polar surface area (TPSA) is 115 Å². The highest BCUT2D eigenvalue weighted by atomic mass is 19.1. The fourth-order valence-corrected chi connectivity index (χ4v) is 3.88. The van der Waals surface area contributed by atoms with Gasteiger partial charge in [0.1, 0.15) is 23.7 Å². The standard InChI is InChI=1S/C33H40FN5O5/c1-9-17-39(31(41)44-33(5,6)7)24-13-10-12-22(19-24)36-29-35-21-26(34)28(38-29)25-20-23(14-15-27(25)42-8)37-30(40)43-18-11-16-32(2,3)4/h9-16,19-21H,1,17-18H2,2-8H3,(H,37,40)(H,35,36,38). The Morgan fingerprint density at radius 2 is 1.82 bits per heavy atom. The van der Waals surface area contributed by atoms with Crippen LogP contribution >= 0.6 is 0 Å². The number of carbonyl (C=O) groups excluding carboxylic acids is 2. The summed E-state index contributed by atoms with van der Waals surface area (Å²) in [6.07, 6.45) is 5.16. The van der Waals surface area contributed by atoms with Crippen LogP contribution in [0.5, 0.6) is 5.75 Å². The van der Waals surface area contributed by atoms with Crippen LogP contribution < -0.4 is 20.3 Å². The molecular formula is C33H40FN5O5. The largest absolute Gasteiger partial charge is 0.496 e. The quantitative estimate of drug-likeness (QED) is 0.223. The second-order valence-electron chi connectivity index (χ2n) is 11.9. The Bertz CT molecular complexity index is 1510. The van der Waals surface area contributed by atoms with Crippen molar-refractivity contribution in [3.05, 3.63) is 79.3 Å². The van der Waals surface area contributed by atoms with Gasteiger partial charge in [0.25, 0.3) is 0 Å². The van der Waals surface area contributed by atoms with Crippen LogP contribution in [0.1, 0.15) is 41.5 Å². The van der Waals surface area contributed by atoms with Gasteiger partial charge in [0.15, 0.2) is 5.82 Å². The lowest BCUT2D eigenvalue weighted by molar-refractivity contribution is 0.0584. The first-order valence-electron chi connectivity index (χ1n) is 14.0. The first-order chi connectivity index (χ1) is 20.7. The maximum atomic E-state index is 15.1. The molecule has 1 aromatic heterocycles. The van der Waals surface area contributed by atoms with Crippen LogP contribution in [0.4, 0.5) is 37.0 Å². The molecule has 0 fully saturated rings. The van der Waals surface area contributed by atoms with E-state index >= 15 is 4.39 Å². The van der Waals surface area contributed by atoms with E-state index in [1.165, 1.54) is 18.1 Å². The summed E-state index contributed by atoms with van der Waals surface area (Å²) in [4.78, 5) is 35.1. The van der Waals surface area contributed by atoms with Crippen LogP contribution in [0.15, 0.2) is 73.5 Å². The predicted octanol–water partition coefficient (Wildman–Crippen LogP) is 8.11. The molecule has 10 nitrogen and oxygen atoms in total. The van der Waals surface area contributed by atoms with Crippen LogP contribution in [0.2, 0.25) is 0 Å². The van der Waals surface area contributed by atoms with Gasteiger partial charge in [0.05, 0.1) is 13.3 Å². The van der Waals surface area contributed by atoms with Crippen LogP contribution in [0.3, 0.4) is 0 Å². The molecule has 0 aliphatic heterocycles. The van der Waals surface area contributed by atoms with E-state index in [1.807, 2.05) is 26.8 Å². The van der Waals surface area contributed by atoms with E-state index in [0.717, 1.165) is 6.20 Å². The number of aromatic nitrogens is 2. The SMILES string of the molecule is C=CCN(C(=O)OC(C)(C)C)c1cccc(Nc2ncc(F)c(-c3cc(NC(=O)OCC=CC(C)(C)C)ccc3OC)n2)c1. The number of halogens is 1. The highest BCUT2D eigenvalue weighted by Gasteiger charge is 2.23. The number of allylic oxidation sites excluding steroid dienone is 1. The highest BCUT2D eigenvalue weighted by molar-refractivity contribution is 5.89. The monoisotopic (exact) mass is 605 g/mol. The lowest BCUT2D eigenvalue weighted by atomic mass is 9.96. The van der Waals surface area contributed by atoms with Crippen molar-refractivity contribution in [2.24, 2.45) is 5.41 Å². The summed E-state index contributed by atoms with van der Waals surface area (Å²) in [7, 11) is 1.45. The summed E-state index contributed by atoms with van der Waals surface area (Å²) in [6.45, 7) is 15.5. The van der Waals surface area contributed by atoms with Crippen molar-refractivity contribution in [1.82, 2.24) is 9.97 Å². The molecule has 2 aromatic carbocycles. The molecule has 0 radical (unpaired) electrons. The van der Waals surface area contributed by atoms with Gasteiger partial charge in [-0.25, -0.2) is 23.9 Å². The molecular weight excluding hydrogens is 565 g/mol. The van der Waals surface area contributed by atoms with Crippen molar-refractivity contribution in [2.75, 3.05) is 35.8 Å². The van der Waals surface area contributed by atoms with Crippen LogP contribution in [0, 0.1) is 11.2 Å². The number of nitrogens with zero attached hydrogens (tertiary/aromatic N) is 3. The Balaban J connectivity index is 1.85. The molecule has 3 rings (SSSR count). The van der Waals surface area contributed by atoms with E-state index in [1.54, 1.807) is 69.3 Å². The molecule has 2 amide bonds. The molecule has 11 heteroatoms. The van der Waals surface area contributed by atoms with Gasteiger partial charge in [-0.3, -0.25) is 10.2 Å². The number of benzene rings is 2. The molecule has 3 aromatic rings. The zero-order valence-corrected chi connectivity index (χ0v) is 26.2. The molecule has 0 unspecified atom stereocenters. The van der Waals surface area contributed by atoms with Crippen molar-refractivity contribution in [2.45, 2.75) is 47.1 Å². The van der Waals surface area contributed by atoms with E-state index in [0.29, 0.717) is 22.8 Å². The summed E-state index contributed by atoms with van der Waals surface area (Å²) in [5.74, 6) is -0.270. The molecule has 0 aliphatic rings. The Kier molecular flexibility index (Phi) is 11.1. The van der Waals surface area contributed by atoms with Gasteiger partial charge in [0.2, 0.25) is 5.95 Å². The smallest absolute Gasteiger partial charge is 0.415 e. The van der Waals surface area contributed by atoms with Gasteiger partial charge in [-0.1, -0.05) is 45.1 Å². The lowest BCUT2D eigenvalue weighted by Gasteiger charge is -2.27. The van der Waals surface area contributed by atoms with E-state index < -0.39 is 23.6 Å². The number of methoxy groups -OCH3 is 1. The molecule has 0 bridgehead atoms. The minimum absolute atomic E-state index is 0.0329. The van der Waals surface area contributed by atoms with Crippen molar-refractivity contribution < 1.29 is 28.2 Å². The molecule has 2 N–H and O–H groups in total. The molecule has 0 saturated carbocycles. The maximum Gasteiger partial charge on any atom is 0.415 e. The minimum Gasteiger partial charge on any atom is -0.496 e. The van der Waals surface area contributed by atoms with Crippen LogP contribution in [-0.4, -0.2) is 48.0 Å². The van der Waals surface area contributed by atoms with Crippen LogP contribution in [-0.2, 0) is 9.47 Å². The number of amides is 2. The Morgan fingerprint density at radius 3 is 2.48 bits per heavy atom. The molecule has 0 atom stereocenters. The highest BCUT2D eigenvalue weighted by Crippen LogP contribution is 2.34. The van der Waals surface area contributed by atoms with E-state index in [2.05, 4.69) is 27.2 Å². The molecule has 0 spiro atoms. The molecule has 0 saturated heterocycles. The third-order valence-electron chi connectivity index (χ3n) is 5.71. The molecule has 44 heavy (non-hydrogen) atoms. The number of hydrogen-bond donors (Lipinski definition) is 2. The average Bonchev–Trinajstić information content (AvgIpc) is 2.93. The van der Waals surface area contributed by atoms with Gasteiger partial charge < -0.3 is 19.5 Å². The van der Waals surface area contributed by atoms with Gasteiger partial charge in [0, 0.05) is 29.2 Å². The molecule has 0 aliphatic carbocycles. The fraction of sp³-hybridized carbons (Fsp3) is 0.333. The third-order valence-corrected chi connectivity index (χ3v) is 5.71. The van der Waals surface area contributed by atoms with E-state index in [-0.39, 0.29) is 35.8 Å². The second-order valence-corrected chi connectivity index (χ2v) is 11.9. The number of rotatable bonds is 10. The number of ether oxygens (including phenoxy) is 3. The van der Waals surface area contributed by atoms with Gasteiger partial charge in [-0.05, 0) is 62.6 Å². The zero-order chi connectivity index (χ0) is 32.5. The third kappa shape index (κ3) is 10.1.